The molecule has 0 radical (unpaired) electrons. The number of ether oxygens (including phenoxy) is 1. The Labute approximate surface area is 181 Å². The summed E-state index contributed by atoms with van der Waals surface area (Å²) in [4.78, 5) is 23.3. The number of fused-ring (bicyclic) bond motifs is 1. The Kier molecular flexibility index (Phi) is 5.45. The Balaban J connectivity index is 1.63. The van der Waals surface area contributed by atoms with Gasteiger partial charge in [-0.15, -0.1) is 0 Å². The molecule has 1 aliphatic rings. The summed E-state index contributed by atoms with van der Waals surface area (Å²) in [7, 11) is 0. The molecule has 0 atom stereocenters. The van der Waals surface area contributed by atoms with Gasteiger partial charge in [-0.25, -0.2) is 9.78 Å². The molecule has 7 heteroatoms. The topological polar surface area (TPSA) is 60.2 Å². The highest BCUT2D eigenvalue weighted by molar-refractivity contribution is 6.29. The first-order valence-corrected chi connectivity index (χ1v) is 10.7. The quantitative estimate of drug-likeness (QED) is 0.498. The van der Waals surface area contributed by atoms with Crippen molar-refractivity contribution in [1.82, 2.24) is 19.4 Å². The summed E-state index contributed by atoms with van der Waals surface area (Å²) in [5, 5.41) is 1.53. The van der Waals surface area contributed by atoms with Gasteiger partial charge in [-0.1, -0.05) is 17.7 Å². The monoisotopic (exact) mass is 426 g/mol. The number of aromatic nitrogens is 3. The van der Waals surface area contributed by atoms with Crippen molar-refractivity contribution < 1.29 is 9.53 Å². The number of hydrogen-bond acceptors (Lipinski definition) is 4. The molecule has 3 aromatic heterocycles. The molecule has 0 aliphatic carbocycles. The number of amides is 1. The predicted octanol–water partition coefficient (Wildman–Crippen LogP) is 5.63. The maximum absolute atomic E-state index is 12.4. The van der Waals surface area contributed by atoms with E-state index in [0.29, 0.717) is 18.2 Å². The highest BCUT2D eigenvalue weighted by Gasteiger charge is 2.29. The summed E-state index contributed by atoms with van der Waals surface area (Å²) >= 11 is 6.24. The van der Waals surface area contributed by atoms with Crippen LogP contribution in [0.15, 0.2) is 36.7 Å². The smallest absolute Gasteiger partial charge is 0.410 e. The Morgan fingerprint density at radius 3 is 2.57 bits per heavy atom. The van der Waals surface area contributed by atoms with Crippen molar-refractivity contribution in [2.75, 3.05) is 13.1 Å². The number of rotatable bonds is 2. The predicted molar refractivity (Wildman–Crippen MR) is 119 cm³/mol. The van der Waals surface area contributed by atoms with E-state index in [4.69, 9.17) is 16.3 Å². The summed E-state index contributed by atoms with van der Waals surface area (Å²) in [6, 6.07) is 8.13. The Morgan fingerprint density at radius 1 is 1.17 bits per heavy atom. The van der Waals surface area contributed by atoms with E-state index in [-0.39, 0.29) is 12.1 Å². The number of hydrogen-bond donors (Lipinski definition) is 0. The fourth-order valence-corrected chi connectivity index (χ4v) is 4.16. The molecule has 6 nitrogen and oxygen atoms in total. The Bertz CT molecular complexity index is 1080. The van der Waals surface area contributed by atoms with Crippen LogP contribution >= 0.6 is 11.6 Å². The fraction of sp³-hybridized carbons (Fsp3) is 0.435. The van der Waals surface area contributed by atoms with Crippen molar-refractivity contribution in [3.63, 3.8) is 0 Å². The van der Waals surface area contributed by atoms with Gasteiger partial charge in [0.25, 0.3) is 0 Å². The summed E-state index contributed by atoms with van der Waals surface area (Å²) in [6.45, 7) is 8.99. The number of aryl methyl sites for hydroxylation is 1. The van der Waals surface area contributed by atoms with E-state index in [9.17, 15) is 4.79 Å². The second-order valence-corrected chi connectivity index (χ2v) is 9.18. The number of likely N-dealkylation sites (tertiary alicyclic amines) is 1. The second kappa shape index (κ2) is 7.91. The van der Waals surface area contributed by atoms with Crippen molar-refractivity contribution in [1.29, 1.82) is 0 Å². The molecule has 1 aliphatic heterocycles. The largest absolute Gasteiger partial charge is 0.444 e. The van der Waals surface area contributed by atoms with Crippen LogP contribution in [0.5, 0.6) is 0 Å². The Morgan fingerprint density at radius 2 is 1.90 bits per heavy atom. The van der Waals surface area contributed by atoms with Crippen molar-refractivity contribution >= 4 is 28.7 Å². The highest BCUT2D eigenvalue weighted by atomic mass is 35.5. The first kappa shape index (κ1) is 20.7. The number of carbonyl (C=O) groups excluding carboxylic acids is 1. The molecule has 0 unspecified atom stereocenters. The molecule has 1 amide bonds. The maximum Gasteiger partial charge on any atom is 0.410 e. The van der Waals surface area contributed by atoms with Gasteiger partial charge in [0, 0.05) is 53.7 Å². The first-order chi connectivity index (χ1) is 14.2. The third-order valence-electron chi connectivity index (χ3n) is 5.45. The van der Waals surface area contributed by atoms with Gasteiger partial charge in [0.05, 0.1) is 0 Å². The average Bonchev–Trinajstić information content (AvgIpc) is 3.05. The minimum atomic E-state index is -0.484. The molecule has 1 saturated heterocycles. The number of carbonyl (C=O) groups is 1. The van der Waals surface area contributed by atoms with Crippen LogP contribution in [0, 0.1) is 6.92 Å². The molecule has 4 heterocycles. The lowest BCUT2D eigenvalue weighted by molar-refractivity contribution is 0.0189. The lowest BCUT2D eigenvalue weighted by atomic mass is 10.0. The van der Waals surface area contributed by atoms with E-state index >= 15 is 0 Å². The normalized spacial score (nSPS) is 15.6. The minimum absolute atomic E-state index is 0.239. The van der Waals surface area contributed by atoms with Crippen LogP contribution < -0.4 is 0 Å². The second-order valence-electron chi connectivity index (χ2n) is 8.79. The Hall–Kier alpha value is -2.60. The maximum atomic E-state index is 12.4. The van der Waals surface area contributed by atoms with E-state index in [0.717, 1.165) is 40.7 Å². The van der Waals surface area contributed by atoms with Gasteiger partial charge in [-0.3, -0.25) is 4.98 Å². The van der Waals surface area contributed by atoms with E-state index in [1.54, 1.807) is 11.1 Å². The third kappa shape index (κ3) is 4.15. The van der Waals surface area contributed by atoms with E-state index in [2.05, 4.69) is 26.8 Å². The number of nitrogens with zero attached hydrogens (tertiary/aromatic N) is 4. The van der Waals surface area contributed by atoms with Crippen molar-refractivity contribution in [3.8, 4) is 11.1 Å². The van der Waals surface area contributed by atoms with Crippen molar-refractivity contribution in [2.45, 2.75) is 52.2 Å². The molecule has 1 fully saturated rings. The van der Waals surface area contributed by atoms with Crippen LogP contribution in [0.4, 0.5) is 4.79 Å². The van der Waals surface area contributed by atoms with Gasteiger partial charge in [0.15, 0.2) is 0 Å². The summed E-state index contributed by atoms with van der Waals surface area (Å²) in [5.74, 6) is 0. The molecule has 30 heavy (non-hydrogen) atoms. The van der Waals surface area contributed by atoms with Crippen LogP contribution in [-0.2, 0) is 4.74 Å². The van der Waals surface area contributed by atoms with Gasteiger partial charge in [-0.05, 0) is 58.7 Å². The summed E-state index contributed by atoms with van der Waals surface area (Å²) < 4.78 is 7.74. The molecule has 0 N–H and O–H groups in total. The van der Waals surface area contributed by atoms with E-state index in [1.165, 1.54) is 0 Å². The van der Waals surface area contributed by atoms with Crippen LogP contribution in [0.3, 0.4) is 0 Å². The SMILES string of the molecule is Cc1ncccc1-c1cn(C2CCN(C(=O)OC(C)(C)C)CC2)c2nc(Cl)ccc12. The molecule has 158 valence electrons. The molecular formula is C23H27ClN4O2. The molecular weight excluding hydrogens is 400 g/mol. The molecule has 3 aromatic rings. The minimum Gasteiger partial charge on any atom is -0.444 e. The van der Waals surface area contributed by atoms with Crippen LogP contribution in [-0.4, -0.2) is 44.2 Å². The number of halogens is 1. The van der Waals surface area contributed by atoms with Crippen LogP contribution in [0.2, 0.25) is 5.15 Å². The van der Waals surface area contributed by atoms with Gasteiger partial charge < -0.3 is 14.2 Å². The van der Waals surface area contributed by atoms with E-state index < -0.39 is 5.60 Å². The fourth-order valence-electron chi connectivity index (χ4n) is 4.02. The lowest BCUT2D eigenvalue weighted by Crippen LogP contribution is -2.42. The molecule has 0 spiro atoms. The molecule has 0 saturated carbocycles. The van der Waals surface area contributed by atoms with Gasteiger partial charge in [0.1, 0.15) is 16.4 Å². The average molecular weight is 427 g/mol. The standard InChI is InChI=1S/C23H27ClN4O2/c1-15-17(6-5-11-25-15)19-14-28(21-18(19)7-8-20(24)26-21)16-9-12-27(13-10-16)22(29)30-23(2,3)4/h5-8,11,14,16H,9-10,12-13H2,1-4H3. The van der Waals surface area contributed by atoms with Gasteiger partial charge in [0.2, 0.25) is 0 Å². The number of piperidine rings is 1. The molecule has 0 aromatic carbocycles. The van der Waals surface area contributed by atoms with Crippen LogP contribution in [0.1, 0.15) is 45.3 Å². The number of pyridine rings is 2. The van der Waals surface area contributed by atoms with Crippen LogP contribution in [0.25, 0.3) is 22.2 Å². The van der Waals surface area contributed by atoms with E-state index in [1.807, 2.05) is 45.9 Å². The first-order valence-electron chi connectivity index (χ1n) is 10.3. The summed E-state index contributed by atoms with van der Waals surface area (Å²) in [6.07, 6.45) is 5.39. The third-order valence-corrected chi connectivity index (χ3v) is 5.66. The van der Waals surface area contributed by atoms with Gasteiger partial charge >= 0.3 is 6.09 Å². The lowest BCUT2D eigenvalue weighted by Gasteiger charge is -2.34. The zero-order valence-electron chi connectivity index (χ0n) is 17.9. The molecule has 0 bridgehead atoms. The molecule has 4 rings (SSSR count). The van der Waals surface area contributed by atoms with Gasteiger partial charge in [-0.2, -0.15) is 0 Å². The van der Waals surface area contributed by atoms with Crippen molar-refractivity contribution in [2.24, 2.45) is 0 Å². The highest BCUT2D eigenvalue weighted by Crippen LogP contribution is 2.36. The zero-order valence-corrected chi connectivity index (χ0v) is 18.6. The zero-order chi connectivity index (χ0) is 21.5. The van der Waals surface area contributed by atoms with Crippen molar-refractivity contribution in [3.05, 3.63) is 47.5 Å². The summed E-state index contributed by atoms with van der Waals surface area (Å²) in [5.41, 5.74) is 3.57.